The minimum Gasteiger partial charge on any atom is -0.320 e. The number of nitrogens with one attached hydrogen (secondary N) is 1. The number of hydrogen-bond donors (Lipinski definition) is 1. The highest BCUT2D eigenvalue weighted by atomic mass is 127. The average molecular weight is 333 g/mol. The van der Waals surface area contributed by atoms with Crippen molar-refractivity contribution in [1.29, 1.82) is 0 Å². The molecular formula is C7H3ClF2INO2. The maximum atomic E-state index is 12.2. The molecule has 0 saturated carbocycles. The Kier molecular flexibility index (Phi) is 3.59. The Morgan fingerprint density at radius 3 is 2.50 bits per heavy atom. The van der Waals surface area contributed by atoms with E-state index in [2.05, 4.69) is 0 Å². The van der Waals surface area contributed by atoms with Crippen molar-refractivity contribution in [1.82, 2.24) is 4.98 Å². The fourth-order valence-electron chi connectivity index (χ4n) is 0.848. The Hall–Kier alpha value is -0.500. The van der Waals surface area contributed by atoms with Crippen LogP contribution in [-0.4, -0.2) is 10.2 Å². The van der Waals surface area contributed by atoms with Gasteiger partial charge in [0.2, 0.25) is 0 Å². The molecule has 0 spiro atoms. The fraction of sp³-hybridized carbons (Fsp3) is 0.143. The Balaban J connectivity index is 3.40. The molecule has 0 aliphatic carbocycles. The number of rotatable bonds is 2. The van der Waals surface area contributed by atoms with E-state index in [-0.39, 0.29) is 9.13 Å². The van der Waals surface area contributed by atoms with Crippen molar-refractivity contribution >= 4 is 39.4 Å². The molecule has 0 fully saturated rings. The molecule has 0 atom stereocenters. The predicted molar refractivity (Wildman–Crippen MR) is 54.9 cm³/mol. The SMILES string of the molecule is O=C(Cl)c1c(I)cc(C(F)F)[nH]c1=O. The molecule has 0 radical (unpaired) electrons. The third-order valence-electron chi connectivity index (χ3n) is 1.44. The monoisotopic (exact) mass is 333 g/mol. The van der Waals surface area contributed by atoms with E-state index in [9.17, 15) is 18.4 Å². The van der Waals surface area contributed by atoms with Crippen molar-refractivity contribution in [3.8, 4) is 0 Å². The summed E-state index contributed by atoms with van der Waals surface area (Å²) in [7, 11) is 0. The zero-order chi connectivity index (χ0) is 10.9. The lowest BCUT2D eigenvalue weighted by Crippen LogP contribution is -2.19. The first-order valence-corrected chi connectivity index (χ1v) is 4.80. The van der Waals surface area contributed by atoms with Gasteiger partial charge in [0, 0.05) is 3.57 Å². The number of H-pyrrole nitrogens is 1. The van der Waals surface area contributed by atoms with Crippen LogP contribution in [0.25, 0.3) is 0 Å². The summed E-state index contributed by atoms with van der Waals surface area (Å²) in [5, 5.41) is -0.962. The van der Waals surface area contributed by atoms with Gasteiger partial charge < -0.3 is 4.98 Å². The van der Waals surface area contributed by atoms with Crippen molar-refractivity contribution in [3.05, 3.63) is 31.2 Å². The number of halogens is 4. The van der Waals surface area contributed by atoms with Crippen molar-refractivity contribution in [2.24, 2.45) is 0 Å². The van der Waals surface area contributed by atoms with E-state index in [0.717, 1.165) is 6.07 Å². The van der Waals surface area contributed by atoms with Gasteiger partial charge in [-0.3, -0.25) is 9.59 Å². The molecule has 1 heterocycles. The molecule has 0 amide bonds. The van der Waals surface area contributed by atoms with Crippen molar-refractivity contribution in [2.75, 3.05) is 0 Å². The van der Waals surface area contributed by atoms with Crippen LogP contribution in [0, 0.1) is 3.57 Å². The summed E-state index contributed by atoms with van der Waals surface area (Å²) in [5.41, 5.74) is -1.73. The molecule has 1 rings (SSSR count). The summed E-state index contributed by atoms with van der Waals surface area (Å²) in [6.07, 6.45) is -2.78. The molecular weight excluding hydrogens is 330 g/mol. The molecule has 76 valence electrons. The lowest BCUT2D eigenvalue weighted by Gasteiger charge is -2.02. The van der Waals surface area contributed by atoms with Gasteiger partial charge in [-0.2, -0.15) is 0 Å². The van der Waals surface area contributed by atoms with Crippen LogP contribution in [0.15, 0.2) is 10.9 Å². The molecule has 0 unspecified atom stereocenters. The molecule has 1 aromatic heterocycles. The maximum Gasteiger partial charge on any atom is 0.278 e. The summed E-state index contributed by atoms with van der Waals surface area (Å²) in [5.74, 6) is 0. The molecule has 14 heavy (non-hydrogen) atoms. The molecule has 3 nitrogen and oxygen atoms in total. The molecule has 0 bridgehead atoms. The highest BCUT2D eigenvalue weighted by Gasteiger charge is 2.17. The number of aromatic nitrogens is 1. The van der Waals surface area contributed by atoms with Crippen LogP contribution in [0.1, 0.15) is 22.5 Å². The second-order valence-electron chi connectivity index (χ2n) is 2.35. The van der Waals surface area contributed by atoms with E-state index in [1.165, 1.54) is 0 Å². The summed E-state index contributed by atoms with van der Waals surface area (Å²) in [6.45, 7) is 0. The minimum absolute atomic E-state index is 0.113. The third-order valence-corrected chi connectivity index (χ3v) is 2.48. The number of hydrogen-bond acceptors (Lipinski definition) is 2. The smallest absolute Gasteiger partial charge is 0.278 e. The first-order valence-electron chi connectivity index (χ1n) is 3.34. The Morgan fingerprint density at radius 1 is 1.57 bits per heavy atom. The van der Waals surface area contributed by atoms with E-state index < -0.39 is 22.9 Å². The lowest BCUT2D eigenvalue weighted by atomic mass is 10.2. The molecule has 7 heteroatoms. The van der Waals surface area contributed by atoms with Gasteiger partial charge in [0.25, 0.3) is 17.2 Å². The van der Waals surface area contributed by atoms with Crippen molar-refractivity contribution in [2.45, 2.75) is 6.43 Å². The van der Waals surface area contributed by atoms with Crippen LogP contribution in [0.4, 0.5) is 8.78 Å². The summed E-state index contributed by atoms with van der Waals surface area (Å²) < 4.78 is 24.4. The molecule has 0 aliphatic rings. The number of carbonyl (C=O) groups is 1. The maximum absolute atomic E-state index is 12.2. The summed E-state index contributed by atoms with van der Waals surface area (Å²) in [4.78, 5) is 23.7. The highest BCUT2D eigenvalue weighted by molar-refractivity contribution is 14.1. The van der Waals surface area contributed by atoms with Gasteiger partial charge in [-0.25, -0.2) is 8.78 Å². The number of aromatic amines is 1. The van der Waals surface area contributed by atoms with Crippen LogP contribution in [-0.2, 0) is 0 Å². The minimum atomic E-state index is -2.78. The van der Waals surface area contributed by atoms with E-state index in [4.69, 9.17) is 11.6 Å². The van der Waals surface area contributed by atoms with Crippen LogP contribution in [0.5, 0.6) is 0 Å². The number of carbonyl (C=O) groups excluding carboxylic acids is 1. The van der Waals surface area contributed by atoms with Gasteiger partial charge in [0.1, 0.15) is 5.56 Å². The first-order chi connectivity index (χ1) is 6.43. The van der Waals surface area contributed by atoms with Crippen LogP contribution < -0.4 is 5.56 Å². The highest BCUT2D eigenvalue weighted by Crippen LogP contribution is 2.19. The Morgan fingerprint density at radius 2 is 2.14 bits per heavy atom. The topological polar surface area (TPSA) is 49.9 Å². The van der Waals surface area contributed by atoms with E-state index >= 15 is 0 Å². The third kappa shape index (κ3) is 2.30. The van der Waals surface area contributed by atoms with Gasteiger partial charge >= 0.3 is 0 Å². The van der Waals surface area contributed by atoms with E-state index in [0.29, 0.717) is 0 Å². The van der Waals surface area contributed by atoms with Gasteiger partial charge in [-0.15, -0.1) is 0 Å². The molecule has 1 aromatic rings. The van der Waals surface area contributed by atoms with Gasteiger partial charge in [0.15, 0.2) is 0 Å². The van der Waals surface area contributed by atoms with Gasteiger partial charge in [0.05, 0.1) is 5.69 Å². The van der Waals surface area contributed by atoms with Gasteiger partial charge in [-0.1, -0.05) is 0 Å². The quantitative estimate of drug-likeness (QED) is 0.667. The van der Waals surface area contributed by atoms with E-state index in [1.807, 2.05) is 4.98 Å². The standard InChI is InChI=1S/C7H3ClF2INO2/c8-5(13)4-2(11)1-3(6(9)10)12-7(4)14/h1,6H,(H,12,14). The molecule has 0 saturated heterocycles. The zero-order valence-electron chi connectivity index (χ0n) is 6.48. The Labute approximate surface area is 95.6 Å². The summed E-state index contributed by atoms with van der Waals surface area (Å²) >= 11 is 6.70. The zero-order valence-corrected chi connectivity index (χ0v) is 9.40. The van der Waals surface area contributed by atoms with Crippen molar-refractivity contribution in [3.63, 3.8) is 0 Å². The van der Waals surface area contributed by atoms with Crippen LogP contribution in [0.3, 0.4) is 0 Å². The van der Waals surface area contributed by atoms with Crippen molar-refractivity contribution < 1.29 is 13.6 Å². The van der Waals surface area contributed by atoms with Crippen LogP contribution in [0.2, 0.25) is 0 Å². The lowest BCUT2D eigenvalue weighted by molar-refractivity contribution is 0.107. The molecule has 0 aromatic carbocycles. The van der Waals surface area contributed by atoms with Crippen LogP contribution >= 0.6 is 34.2 Å². The second kappa shape index (κ2) is 4.35. The number of pyridine rings is 1. The first kappa shape index (κ1) is 11.6. The van der Waals surface area contributed by atoms with E-state index in [1.54, 1.807) is 22.6 Å². The summed E-state index contributed by atoms with van der Waals surface area (Å²) in [6, 6.07) is 1.02. The second-order valence-corrected chi connectivity index (χ2v) is 3.86. The fourth-order valence-corrected chi connectivity index (χ4v) is 2.02. The molecule has 1 N–H and O–H groups in total. The largest absolute Gasteiger partial charge is 0.320 e. The number of alkyl halides is 2. The predicted octanol–water partition coefficient (Wildman–Crippen LogP) is 2.30. The Bertz CT molecular complexity index is 432. The van der Waals surface area contributed by atoms with Gasteiger partial charge in [-0.05, 0) is 40.3 Å². The molecule has 0 aliphatic heterocycles. The normalized spacial score (nSPS) is 10.6. The average Bonchev–Trinajstić information content (AvgIpc) is 2.01.